The summed E-state index contributed by atoms with van der Waals surface area (Å²) < 4.78 is 5.37. The highest BCUT2D eigenvalue weighted by Gasteiger charge is 2.21. The van der Waals surface area contributed by atoms with Crippen LogP contribution in [-0.2, 0) is 0 Å². The molecule has 1 aliphatic rings. The number of methoxy groups -OCH3 is 1. The van der Waals surface area contributed by atoms with E-state index in [1.54, 1.807) is 7.11 Å². The van der Waals surface area contributed by atoms with Gasteiger partial charge in [0.05, 0.1) is 18.5 Å². The molecule has 112 valence electrons. The number of fused-ring (bicyclic) bond motifs is 1. The van der Waals surface area contributed by atoms with Gasteiger partial charge in [0.15, 0.2) is 0 Å². The molecule has 0 bridgehead atoms. The van der Waals surface area contributed by atoms with Gasteiger partial charge in [-0.2, -0.15) is 0 Å². The molecule has 0 spiro atoms. The summed E-state index contributed by atoms with van der Waals surface area (Å²) in [7, 11) is 5.59. The second-order valence-electron chi connectivity index (χ2n) is 5.26. The van der Waals surface area contributed by atoms with Gasteiger partial charge in [0.2, 0.25) is 0 Å². The number of nitrogens with zero attached hydrogens (tertiary/aromatic N) is 2. The number of rotatable bonds is 3. The van der Waals surface area contributed by atoms with E-state index in [0.29, 0.717) is 11.7 Å². The summed E-state index contributed by atoms with van der Waals surface area (Å²) in [6, 6.07) is 13.6. The molecule has 0 aromatic heterocycles. The van der Waals surface area contributed by atoms with Crippen molar-refractivity contribution in [3.8, 4) is 5.75 Å². The molecule has 22 heavy (non-hydrogen) atoms. The average molecular weight is 294 g/mol. The third-order valence-corrected chi connectivity index (χ3v) is 3.58. The van der Waals surface area contributed by atoms with E-state index in [2.05, 4.69) is 10.3 Å². The number of benzene rings is 2. The van der Waals surface area contributed by atoms with Crippen LogP contribution in [0.25, 0.3) is 0 Å². The first-order valence-corrected chi connectivity index (χ1v) is 6.99. The van der Waals surface area contributed by atoms with Crippen LogP contribution in [0.15, 0.2) is 47.5 Å². The molecule has 5 nitrogen and oxygen atoms in total. The summed E-state index contributed by atoms with van der Waals surface area (Å²) >= 11 is 0. The first kappa shape index (κ1) is 14.1. The third-order valence-electron chi connectivity index (χ3n) is 3.58. The molecule has 1 aliphatic heterocycles. The largest absolute Gasteiger partial charge is 0.495 e. The monoisotopic (exact) mass is 294 g/mol. The minimum absolute atomic E-state index is 0.385. The smallest absolute Gasteiger partial charge is 0.142 e. The Labute approximate surface area is 129 Å². The summed E-state index contributed by atoms with van der Waals surface area (Å²) in [5, 5.41) is 11.0. The summed E-state index contributed by atoms with van der Waals surface area (Å²) in [5.74, 6) is 1.90. The number of amidine groups is 2. The first-order chi connectivity index (χ1) is 10.6. The fraction of sp³-hybridized carbons (Fsp3) is 0.176. The van der Waals surface area contributed by atoms with Crippen molar-refractivity contribution in [2.45, 2.75) is 0 Å². The van der Waals surface area contributed by atoms with Gasteiger partial charge >= 0.3 is 0 Å². The van der Waals surface area contributed by atoms with Crippen molar-refractivity contribution in [1.29, 1.82) is 5.41 Å². The molecule has 1 heterocycles. The molecule has 3 rings (SSSR count). The summed E-state index contributed by atoms with van der Waals surface area (Å²) in [4.78, 5) is 6.64. The van der Waals surface area contributed by atoms with Gasteiger partial charge in [-0.25, -0.2) is 4.99 Å². The van der Waals surface area contributed by atoms with Gasteiger partial charge in [0.1, 0.15) is 17.4 Å². The average Bonchev–Trinajstić information content (AvgIpc) is 2.84. The van der Waals surface area contributed by atoms with E-state index in [0.717, 1.165) is 28.3 Å². The SMILES string of the molecule is COc1ccc(N=C2NC(=N)c3ccccc32)cc1N(C)C. The lowest BCUT2D eigenvalue weighted by Gasteiger charge is -2.16. The Morgan fingerprint density at radius 3 is 2.50 bits per heavy atom. The number of aliphatic imine (C=N–C) groups is 1. The zero-order valence-corrected chi connectivity index (χ0v) is 12.8. The van der Waals surface area contributed by atoms with Gasteiger partial charge in [0, 0.05) is 25.2 Å². The minimum Gasteiger partial charge on any atom is -0.495 e. The molecule has 0 fully saturated rings. The number of hydrogen-bond acceptors (Lipinski definition) is 4. The van der Waals surface area contributed by atoms with Crippen LogP contribution in [0.3, 0.4) is 0 Å². The molecule has 0 radical (unpaired) electrons. The lowest BCUT2D eigenvalue weighted by molar-refractivity contribution is 0.415. The van der Waals surface area contributed by atoms with Crippen LogP contribution < -0.4 is 15.0 Å². The van der Waals surface area contributed by atoms with Crippen molar-refractivity contribution in [1.82, 2.24) is 5.32 Å². The predicted octanol–water partition coefficient (Wildman–Crippen LogP) is 2.77. The van der Waals surface area contributed by atoms with Crippen LogP contribution >= 0.6 is 0 Å². The Bertz CT molecular complexity index is 765. The Kier molecular flexibility index (Phi) is 3.55. The van der Waals surface area contributed by atoms with Gasteiger partial charge in [-0.1, -0.05) is 24.3 Å². The molecule has 0 saturated carbocycles. The molecule has 0 atom stereocenters. The van der Waals surface area contributed by atoms with E-state index in [-0.39, 0.29) is 0 Å². The summed E-state index contributed by atoms with van der Waals surface area (Å²) in [6.45, 7) is 0. The Morgan fingerprint density at radius 2 is 1.82 bits per heavy atom. The normalized spacial score (nSPS) is 14.7. The van der Waals surface area contributed by atoms with E-state index >= 15 is 0 Å². The highest BCUT2D eigenvalue weighted by atomic mass is 16.5. The van der Waals surface area contributed by atoms with Crippen molar-refractivity contribution in [3.63, 3.8) is 0 Å². The van der Waals surface area contributed by atoms with Gasteiger partial charge in [-0.15, -0.1) is 0 Å². The van der Waals surface area contributed by atoms with Crippen molar-refractivity contribution in [2.24, 2.45) is 4.99 Å². The summed E-state index contributed by atoms with van der Waals surface area (Å²) in [5.41, 5.74) is 3.61. The maximum absolute atomic E-state index is 7.98. The fourth-order valence-electron chi connectivity index (χ4n) is 2.48. The molecule has 2 N–H and O–H groups in total. The molecule has 2 aromatic carbocycles. The Morgan fingerprint density at radius 1 is 1.09 bits per heavy atom. The number of anilines is 1. The number of nitrogens with one attached hydrogen (secondary N) is 2. The van der Waals surface area contributed by atoms with E-state index in [9.17, 15) is 0 Å². The Balaban J connectivity index is 2.03. The third kappa shape index (κ3) is 2.41. The minimum atomic E-state index is 0.385. The van der Waals surface area contributed by atoms with Crippen LogP contribution in [0.5, 0.6) is 5.75 Å². The van der Waals surface area contributed by atoms with Crippen LogP contribution in [0.2, 0.25) is 0 Å². The van der Waals surface area contributed by atoms with Gasteiger partial charge in [0.25, 0.3) is 0 Å². The predicted molar refractivity (Wildman–Crippen MR) is 89.9 cm³/mol. The van der Waals surface area contributed by atoms with Crippen LogP contribution in [0.1, 0.15) is 11.1 Å². The van der Waals surface area contributed by atoms with Crippen LogP contribution in [0.4, 0.5) is 11.4 Å². The molecule has 0 amide bonds. The topological polar surface area (TPSA) is 60.7 Å². The van der Waals surface area contributed by atoms with E-state index in [1.807, 2.05) is 61.5 Å². The van der Waals surface area contributed by atoms with Gasteiger partial charge in [-0.3, -0.25) is 5.41 Å². The van der Waals surface area contributed by atoms with E-state index in [4.69, 9.17) is 10.1 Å². The highest BCUT2D eigenvalue weighted by Crippen LogP contribution is 2.31. The molecular weight excluding hydrogens is 276 g/mol. The zero-order valence-electron chi connectivity index (χ0n) is 12.8. The Hall–Kier alpha value is -2.82. The maximum Gasteiger partial charge on any atom is 0.142 e. The fourth-order valence-corrected chi connectivity index (χ4v) is 2.48. The quantitative estimate of drug-likeness (QED) is 0.915. The van der Waals surface area contributed by atoms with Crippen molar-refractivity contribution < 1.29 is 4.74 Å². The van der Waals surface area contributed by atoms with Crippen molar-refractivity contribution >= 4 is 23.0 Å². The van der Waals surface area contributed by atoms with Crippen LogP contribution in [-0.4, -0.2) is 32.9 Å². The molecule has 0 unspecified atom stereocenters. The van der Waals surface area contributed by atoms with E-state index < -0.39 is 0 Å². The number of hydrogen-bond donors (Lipinski definition) is 2. The zero-order chi connectivity index (χ0) is 15.7. The first-order valence-electron chi connectivity index (χ1n) is 6.99. The van der Waals surface area contributed by atoms with Crippen LogP contribution in [0, 0.1) is 5.41 Å². The highest BCUT2D eigenvalue weighted by molar-refractivity contribution is 6.24. The van der Waals surface area contributed by atoms with Crippen molar-refractivity contribution in [3.05, 3.63) is 53.6 Å². The second kappa shape index (κ2) is 5.52. The maximum atomic E-state index is 7.98. The molecule has 0 saturated heterocycles. The molecular formula is C17H18N4O. The standard InChI is InChI=1S/C17H18N4O/c1-21(2)14-10-11(8-9-15(14)22-3)19-17-13-7-5-4-6-12(13)16(18)20-17/h4-10H,1-3H3,(H2,18,19,20). The number of ether oxygens (including phenoxy) is 1. The molecule has 5 heteroatoms. The van der Waals surface area contributed by atoms with Gasteiger partial charge in [-0.05, 0) is 18.2 Å². The lowest BCUT2D eigenvalue weighted by Crippen LogP contribution is -2.21. The molecule has 2 aromatic rings. The summed E-state index contributed by atoms with van der Waals surface area (Å²) in [6.07, 6.45) is 0. The second-order valence-corrected chi connectivity index (χ2v) is 5.26. The van der Waals surface area contributed by atoms with E-state index in [1.165, 1.54) is 0 Å². The molecule has 0 aliphatic carbocycles. The van der Waals surface area contributed by atoms with Gasteiger partial charge < -0.3 is 15.0 Å². The van der Waals surface area contributed by atoms with Crippen molar-refractivity contribution in [2.75, 3.05) is 26.1 Å². The lowest BCUT2D eigenvalue weighted by atomic mass is 10.1.